The average molecular weight is 417 g/mol. The van der Waals surface area contributed by atoms with Crippen molar-refractivity contribution in [1.29, 1.82) is 0 Å². The Morgan fingerprint density at radius 3 is 2.31 bits per heavy atom. The molecule has 2 aromatic carbocycles. The van der Waals surface area contributed by atoms with Gasteiger partial charge in [0.15, 0.2) is 9.84 Å². The van der Waals surface area contributed by atoms with Crippen LogP contribution in [0.15, 0.2) is 47.4 Å². The number of hydrogen-bond donors (Lipinski definition) is 0. The summed E-state index contributed by atoms with van der Waals surface area (Å²) >= 11 is 0. The van der Waals surface area contributed by atoms with E-state index in [9.17, 15) is 12.8 Å². The fourth-order valence-corrected chi connectivity index (χ4v) is 5.19. The molecule has 0 radical (unpaired) electrons. The molecule has 3 nitrogen and oxygen atoms in total. The maximum Gasteiger partial charge on any atom is 0.175 e. The molecule has 0 aromatic heterocycles. The smallest absolute Gasteiger partial charge is 0.175 e. The second-order valence-corrected chi connectivity index (χ2v) is 10.8. The molecule has 2 fully saturated rings. The van der Waals surface area contributed by atoms with Crippen LogP contribution in [0.3, 0.4) is 0 Å². The Kier molecular flexibility index (Phi) is 5.56. The van der Waals surface area contributed by atoms with E-state index in [0.717, 1.165) is 38.0 Å². The number of halogens is 1. The molecule has 0 heterocycles. The van der Waals surface area contributed by atoms with E-state index in [1.807, 2.05) is 6.07 Å². The van der Waals surface area contributed by atoms with Gasteiger partial charge in [0.2, 0.25) is 0 Å². The van der Waals surface area contributed by atoms with Crippen LogP contribution in [0.5, 0.6) is 0 Å². The Morgan fingerprint density at radius 2 is 1.72 bits per heavy atom. The summed E-state index contributed by atoms with van der Waals surface area (Å²) in [6.07, 6.45) is 6.92. The van der Waals surface area contributed by atoms with Crippen LogP contribution in [0.25, 0.3) is 0 Å². The van der Waals surface area contributed by atoms with Crippen molar-refractivity contribution in [2.24, 2.45) is 5.92 Å². The number of rotatable bonds is 6. The molecule has 2 saturated carbocycles. The van der Waals surface area contributed by atoms with Crippen molar-refractivity contribution in [3.63, 3.8) is 0 Å². The van der Waals surface area contributed by atoms with Gasteiger partial charge in [0.25, 0.3) is 0 Å². The van der Waals surface area contributed by atoms with E-state index in [2.05, 4.69) is 24.3 Å². The van der Waals surface area contributed by atoms with E-state index in [1.165, 1.54) is 18.4 Å². The Hall–Kier alpha value is -1.72. The van der Waals surface area contributed by atoms with Gasteiger partial charge >= 0.3 is 0 Å². The lowest BCUT2D eigenvalue weighted by molar-refractivity contribution is -0.0840. The third-order valence-corrected chi connectivity index (χ3v) is 7.69. The van der Waals surface area contributed by atoms with Crippen molar-refractivity contribution in [3.8, 4) is 0 Å². The largest absolute Gasteiger partial charge is 0.370 e. The zero-order valence-electron chi connectivity index (χ0n) is 17.2. The standard InChI is InChI=1S/C24H29FO3S/c1-17-22(14-21(15-23(17)25)29(2,26)27)24(28-16-18-8-9-18)12-10-20(11-13-24)19-6-4-3-5-7-19/h3-7,14-15,18,20H,8-13,16H2,1-2H3. The highest BCUT2D eigenvalue weighted by atomic mass is 32.2. The molecule has 0 saturated heterocycles. The van der Waals surface area contributed by atoms with E-state index in [1.54, 1.807) is 13.0 Å². The zero-order chi connectivity index (χ0) is 20.6. The lowest BCUT2D eigenvalue weighted by Gasteiger charge is -2.42. The van der Waals surface area contributed by atoms with Crippen molar-refractivity contribution in [2.75, 3.05) is 12.9 Å². The monoisotopic (exact) mass is 416 g/mol. The molecule has 4 rings (SSSR count). The number of ether oxygens (including phenoxy) is 1. The molecule has 2 aliphatic rings. The summed E-state index contributed by atoms with van der Waals surface area (Å²) in [6, 6.07) is 13.3. The van der Waals surface area contributed by atoms with Crippen molar-refractivity contribution >= 4 is 9.84 Å². The molecular weight excluding hydrogens is 387 g/mol. The summed E-state index contributed by atoms with van der Waals surface area (Å²) < 4.78 is 45.5. The molecule has 5 heteroatoms. The predicted octanol–water partition coefficient (Wildman–Crippen LogP) is 5.52. The highest BCUT2D eigenvalue weighted by Gasteiger charge is 2.41. The molecule has 156 valence electrons. The van der Waals surface area contributed by atoms with Gasteiger partial charge in [-0.1, -0.05) is 30.3 Å². The minimum Gasteiger partial charge on any atom is -0.370 e. The molecule has 29 heavy (non-hydrogen) atoms. The van der Waals surface area contributed by atoms with Crippen molar-refractivity contribution in [2.45, 2.75) is 61.9 Å². The predicted molar refractivity (Wildman–Crippen MR) is 112 cm³/mol. The fraction of sp³-hybridized carbons (Fsp3) is 0.500. The van der Waals surface area contributed by atoms with Crippen LogP contribution >= 0.6 is 0 Å². The van der Waals surface area contributed by atoms with E-state index in [0.29, 0.717) is 29.6 Å². The third-order valence-electron chi connectivity index (χ3n) is 6.59. The second-order valence-electron chi connectivity index (χ2n) is 8.78. The minimum absolute atomic E-state index is 0.0372. The van der Waals surface area contributed by atoms with Gasteiger partial charge in [0, 0.05) is 6.26 Å². The Bertz CT molecular complexity index is 973. The normalized spacial score (nSPS) is 25.1. The molecule has 0 atom stereocenters. The van der Waals surface area contributed by atoms with Crippen LogP contribution in [-0.2, 0) is 20.2 Å². The van der Waals surface area contributed by atoms with Gasteiger partial charge in [0.05, 0.1) is 17.1 Å². The maximum absolute atomic E-state index is 14.7. The first-order valence-electron chi connectivity index (χ1n) is 10.5. The molecular formula is C24H29FO3S. The lowest BCUT2D eigenvalue weighted by Crippen LogP contribution is -2.36. The third kappa shape index (κ3) is 4.41. The summed E-state index contributed by atoms with van der Waals surface area (Å²) in [5.41, 5.74) is 1.94. The van der Waals surface area contributed by atoms with Gasteiger partial charge < -0.3 is 4.74 Å². The highest BCUT2D eigenvalue weighted by molar-refractivity contribution is 7.90. The first-order chi connectivity index (χ1) is 13.8. The Morgan fingerprint density at radius 1 is 1.07 bits per heavy atom. The van der Waals surface area contributed by atoms with Crippen molar-refractivity contribution < 1.29 is 17.5 Å². The van der Waals surface area contributed by atoms with E-state index in [-0.39, 0.29) is 4.90 Å². The van der Waals surface area contributed by atoms with Crippen molar-refractivity contribution in [3.05, 3.63) is 65.0 Å². The van der Waals surface area contributed by atoms with Gasteiger partial charge in [-0.15, -0.1) is 0 Å². The van der Waals surface area contributed by atoms with E-state index in [4.69, 9.17) is 4.74 Å². The zero-order valence-corrected chi connectivity index (χ0v) is 18.0. The van der Waals surface area contributed by atoms with Gasteiger partial charge in [-0.3, -0.25) is 0 Å². The number of hydrogen-bond acceptors (Lipinski definition) is 3. The summed E-state index contributed by atoms with van der Waals surface area (Å²) in [7, 11) is -3.50. The van der Waals surface area contributed by atoms with Gasteiger partial charge in [-0.25, -0.2) is 12.8 Å². The Balaban J connectivity index is 1.68. The van der Waals surface area contributed by atoms with Crippen LogP contribution < -0.4 is 0 Å². The van der Waals surface area contributed by atoms with Gasteiger partial charge in [-0.05, 0) is 86.1 Å². The highest BCUT2D eigenvalue weighted by Crippen LogP contribution is 2.48. The Labute approximate surface area is 173 Å². The van der Waals surface area contributed by atoms with Crippen LogP contribution in [0, 0.1) is 18.7 Å². The maximum atomic E-state index is 14.7. The molecule has 0 spiro atoms. The molecule has 0 bridgehead atoms. The first kappa shape index (κ1) is 20.5. The SMILES string of the molecule is Cc1c(F)cc(S(C)(=O)=O)cc1C1(OCC2CC2)CCC(c2ccccc2)CC1. The van der Waals surface area contributed by atoms with Gasteiger partial charge in [-0.2, -0.15) is 0 Å². The van der Waals surface area contributed by atoms with Crippen LogP contribution in [0.2, 0.25) is 0 Å². The second kappa shape index (κ2) is 7.84. The van der Waals surface area contributed by atoms with Crippen LogP contribution in [-0.4, -0.2) is 21.3 Å². The van der Waals surface area contributed by atoms with Gasteiger partial charge in [0.1, 0.15) is 5.82 Å². The molecule has 2 aliphatic carbocycles. The molecule has 0 unspecified atom stereocenters. The van der Waals surface area contributed by atoms with E-state index >= 15 is 0 Å². The topological polar surface area (TPSA) is 43.4 Å². The number of sulfone groups is 1. The summed E-state index contributed by atoms with van der Waals surface area (Å²) in [4.78, 5) is 0.0372. The first-order valence-corrected chi connectivity index (χ1v) is 12.4. The van der Waals surface area contributed by atoms with Crippen molar-refractivity contribution in [1.82, 2.24) is 0 Å². The number of benzene rings is 2. The molecule has 0 aliphatic heterocycles. The average Bonchev–Trinajstić information content (AvgIpc) is 3.53. The summed E-state index contributed by atoms with van der Waals surface area (Å²) in [5.74, 6) is 0.571. The molecule has 0 N–H and O–H groups in total. The molecule has 2 aromatic rings. The summed E-state index contributed by atoms with van der Waals surface area (Å²) in [6.45, 7) is 2.41. The fourth-order valence-electron chi connectivity index (χ4n) is 4.54. The van der Waals surface area contributed by atoms with E-state index < -0.39 is 21.3 Å². The van der Waals surface area contributed by atoms with Crippen LogP contribution in [0.4, 0.5) is 4.39 Å². The minimum atomic E-state index is -3.50. The quantitative estimate of drug-likeness (QED) is 0.623. The summed E-state index contributed by atoms with van der Waals surface area (Å²) in [5, 5.41) is 0. The lowest BCUT2D eigenvalue weighted by atomic mass is 9.72. The molecule has 0 amide bonds. The van der Waals surface area contributed by atoms with Crippen LogP contribution in [0.1, 0.15) is 61.1 Å².